The van der Waals surface area contributed by atoms with Crippen LogP contribution in [-0.4, -0.2) is 61.3 Å². The molecule has 0 spiro atoms. The molecule has 1 amide bonds. The molecule has 1 aromatic carbocycles. The Morgan fingerprint density at radius 2 is 1.90 bits per heavy atom. The molecule has 1 atom stereocenters. The summed E-state index contributed by atoms with van der Waals surface area (Å²) in [7, 11) is 0. The molecule has 7 nitrogen and oxygen atoms in total. The van der Waals surface area contributed by atoms with Gasteiger partial charge in [-0.25, -0.2) is 4.79 Å². The monoisotopic (exact) mass is 414 g/mol. The number of carbonyl (C=O) groups is 2. The van der Waals surface area contributed by atoms with Crippen LogP contribution in [0.15, 0.2) is 35.4 Å². The van der Waals surface area contributed by atoms with E-state index >= 15 is 0 Å². The Balaban J connectivity index is 1.49. The molecule has 1 saturated heterocycles. The van der Waals surface area contributed by atoms with Gasteiger partial charge in [-0.05, 0) is 70.3 Å². The number of esters is 1. The Morgan fingerprint density at radius 1 is 1.17 bits per heavy atom. The van der Waals surface area contributed by atoms with Crippen LogP contribution in [0.4, 0.5) is 5.69 Å². The lowest BCUT2D eigenvalue weighted by atomic mass is 9.99. The van der Waals surface area contributed by atoms with E-state index in [9.17, 15) is 9.59 Å². The number of nitrogens with zero attached hydrogens (tertiary/aromatic N) is 3. The van der Waals surface area contributed by atoms with Crippen molar-refractivity contribution in [3.63, 3.8) is 0 Å². The molecule has 0 aromatic heterocycles. The van der Waals surface area contributed by atoms with Gasteiger partial charge in [0, 0.05) is 13.0 Å². The number of rotatable bonds is 9. The summed E-state index contributed by atoms with van der Waals surface area (Å²) < 4.78 is 5.08. The Bertz CT molecular complexity index is 729. The van der Waals surface area contributed by atoms with Crippen LogP contribution < -0.4 is 10.3 Å². The highest BCUT2D eigenvalue weighted by atomic mass is 16.5. The zero-order valence-corrected chi connectivity index (χ0v) is 18.2. The summed E-state index contributed by atoms with van der Waals surface area (Å²) >= 11 is 0. The van der Waals surface area contributed by atoms with Crippen molar-refractivity contribution in [3.8, 4) is 0 Å². The summed E-state index contributed by atoms with van der Waals surface area (Å²) in [5.74, 6) is 0.291. The lowest BCUT2D eigenvalue weighted by molar-refractivity contribution is -0.135. The lowest BCUT2D eigenvalue weighted by Crippen LogP contribution is -2.43. The molecule has 164 valence electrons. The molecule has 0 saturated carbocycles. The van der Waals surface area contributed by atoms with Crippen molar-refractivity contribution in [1.29, 1.82) is 0 Å². The first kappa shape index (κ1) is 22.3. The van der Waals surface area contributed by atoms with Crippen LogP contribution in [0.2, 0.25) is 0 Å². The van der Waals surface area contributed by atoms with Crippen molar-refractivity contribution in [2.75, 3.05) is 37.8 Å². The second kappa shape index (κ2) is 11.1. The molecular weight excluding hydrogens is 380 g/mol. The molecule has 1 aromatic rings. The Kier molecular flexibility index (Phi) is 8.25. The van der Waals surface area contributed by atoms with E-state index in [0.717, 1.165) is 31.0 Å². The molecule has 0 aliphatic carbocycles. The third kappa shape index (κ3) is 6.05. The Labute approximate surface area is 179 Å². The number of hydrogen-bond acceptors (Lipinski definition) is 6. The van der Waals surface area contributed by atoms with E-state index in [1.54, 1.807) is 11.9 Å². The molecule has 2 heterocycles. The second-order valence-corrected chi connectivity index (χ2v) is 8.19. The number of hydrogen-bond donors (Lipinski definition) is 1. The van der Waals surface area contributed by atoms with Gasteiger partial charge >= 0.3 is 5.97 Å². The number of piperidine rings is 1. The molecule has 30 heavy (non-hydrogen) atoms. The Morgan fingerprint density at radius 3 is 2.60 bits per heavy atom. The largest absolute Gasteiger partial charge is 0.461 e. The SMILES string of the molecule is CCOC(=O)C1=NN(c2ccccc2)C(C(=O)NCCCCN2CCC(C)CC2)C1. The predicted molar refractivity (Wildman–Crippen MR) is 118 cm³/mol. The molecule has 2 aliphatic heterocycles. The van der Waals surface area contributed by atoms with Crippen LogP contribution in [0.3, 0.4) is 0 Å². The number of hydrazone groups is 1. The fourth-order valence-corrected chi connectivity index (χ4v) is 3.95. The summed E-state index contributed by atoms with van der Waals surface area (Å²) in [6, 6.07) is 8.94. The quantitative estimate of drug-likeness (QED) is 0.497. The topological polar surface area (TPSA) is 74.2 Å². The van der Waals surface area contributed by atoms with Gasteiger partial charge in [-0.3, -0.25) is 9.80 Å². The molecule has 1 fully saturated rings. The summed E-state index contributed by atoms with van der Waals surface area (Å²) in [6.07, 6.45) is 4.85. The molecule has 0 bridgehead atoms. The van der Waals surface area contributed by atoms with E-state index in [4.69, 9.17) is 4.74 Å². The Hall–Kier alpha value is -2.41. The second-order valence-electron chi connectivity index (χ2n) is 8.19. The minimum atomic E-state index is -0.532. The number of para-hydroxylation sites is 1. The number of likely N-dealkylation sites (tertiary alicyclic amines) is 1. The van der Waals surface area contributed by atoms with Crippen molar-refractivity contribution in [3.05, 3.63) is 30.3 Å². The molecule has 7 heteroatoms. The molecular formula is C23H34N4O3. The molecule has 3 rings (SSSR count). The van der Waals surface area contributed by atoms with Gasteiger partial charge in [-0.15, -0.1) is 0 Å². The summed E-state index contributed by atoms with van der Waals surface area (Å²) in [4.78, 5) is 27.5. The highest BCUT2D eigenvalue weighted by molar-refractivity contribution is 6.38. The van der Waals surface area contributed by atoms with Gasteiger partial charge in [0.1, 0.15) is 11.8 Å². The van der Waals surface area contributed by atoms with Crippen molar-refractivity contribution < 1.29 is 14.3 Å². The zero-order chi connectivity index (χ0) is 21.3. The van der Waals surface area contributed by atoms with Gasteiger partial charge in [-0.1, -0.05) is 25.1 Å². The highest BCUT2D eigenvalue weighted by Gasteiger charge is 2.36. The van der Waals surface area contributed by atoms with Crippen molar-refractivity contribution in [2.45, 2.75) is 52.0 Å². The number of ether oxygens (including phenoxy) is 1. The van der Waals surface area contributed by atoms with Gasteiger partial charge in [0.05, 0.1) is 12.3 Å². The van der Waals surface area contributed by atoms with Crippen molar-refractivity contribution in [1.82, 2.24) is 10.2 Å². The highest BCUT2D eigenvalue weighted by Crippen LogP contribution is 2.25. The van der Waals surface area contributed by atoms with E-state index in [1.807, 2.05) is 30.3 Å². The maximum atomic E-state index is 12.9. The fraction of sp³-hybridized carbons (Fsp3) is 0.609. The normalized spacial score (nSPS) is 20.1. The first-order valence-corrected chi connectivity index (χ1v) is 11.2. The van der Waals surface area contributed by atoms with E-state index in [-0.39, 0.29) is 18.9 Å². The molecule has 0 radical (unpaired) electrons. The minimum Gasteiger partial charge on any atom is -0.461 e. The first-order valence-electron chi connectivity index (χ1n) is 11.2. The third-order valence-electron chi connectivity index (χ3n) is 5.82. The number of anilines is 1. The summed E-state index contributed by atoms with van der Waals surface area (Å²) in [6.45, 7) is 8.49. The third-order valence-corrected chi connectivity index (χ3v) is 5.82. The zero-order valence-electron chi connectivity index (χ0n) is 18.2. The number of nitrogens with one attached hydrogen (secondary N) is 1. The average molecular weight is 415 g/mol. The van der Waals surface area contributed by atoms with Crippen LogP contribution in [-0.2, 0) is 14.3 Å². The lowest BCUT2D eigenvalue weighted by Gasteiger charge is -2.30. The maximum Gasteiger partial charge on any atom is 0.354 e. The molecule has 1 unspecified atom stereocenters. The predicted octanol–water partition coefficient (Wildman–Crippen LogP) is 2.81. The minimum absolute atomic E-state index is 0.103. The number of unbranched alkanes of at least 4 members (excludes halogenated alkanes) is 1. The van der Waals surface area contributed by atoms with E-state index in [1.165, 1.54) is 25.9 Å². The van der Waals surface area contributed by atoms with Gasteiger partial charge < -0.3 is 15.0 Å². The van der Waals surface area contributed by atoms with Crippen molar-refractivity contribution >= 4 is 23.3 Å². The molecule has 2 aliphatic rings. The number of carbonyl (C=O) groups excluding carboxylic acids is 2. The van der Waals surface area contributed by atoms with Crippen LogP contribution in [0.25, 0.3) is 0 Å². The number of benzene rings is 1. The van der Waals surface area contributed by atoms with Crippen LogP contribution in [0, 0.1) is 5.92 Å². The smallest absolute Gasteiger partial charge is 0.354 e. The van der Waals surface area contributed by atoms with E-state index in [0.29, 0.717) is 12.3 Å². The van der Waals surface area contributed by atoms with E-state index in [2.05, 4.69) is 22.2 Å². The van der Waals surface area contributed by atoms with Crippen LogP contribution in [0.5, 0.6) is 0 Å². The van der Waals surface area contributed by atoms with Gasteiger partial charge in [0.25, 0.3) is 0 Å². The fourth-order valence-electron chi connectivity index (χ4n) is 3.95. The van der Waals surface area contributed by atoms with Crippen LogP contribution >= 0.6 is 0 Å². The van der Waals surface area contributed by atoms with Crippen molar-refractivity contribution in [2.24, 2.45) is 11.0 Å². The summed E-state index contributed by atoms with van der Waals surface area (Å²) in [5.41, 5.74) is 1.08. The average Bonchev–Trinajstić information content (AvgIpc) is 3.21. The number of amides is 1. The standard InChI is InChI=1S/C23H34N4O3/c1-3-30-23(29)20-17-21(27(25-20)19-9-5-4-6-10-19)22(28)24-13-7-8-14-26-15-11-18(2)12-16-26/h4-6,9-10,18,21H,3,7-8,11-17H2,1-2H3,(H,24,28). The molecule has 1 N–H and O–H groups in total. The van der Waals surface area contributed by atoms with Crippen LogP contribution in [0.1, 0.15) is 46.0 Å². The van der Waals surface area contributed by atoms with Gasteiger partial charge in [0.15, 0.2) is 0 Å². The van der Waals surface area contributed by atoms with E-state index < -0.39 is 12.0 Å². The first-order chi connectivity index (χ1) is 14.6. The van der Waals surface area contributed by atoms with Gasteiger partial charge in [-0.2, -0.15) is 5.10 Å². The summed E-state index contributed by atoms with van der Waals surface area (Å²) in [5, 5.41) is 9.07. The maximum absolute atomic E-state index is 12.9. The van der Waals surface area contributed by atoms with Gasteiger partial charge in [0.2, 0.25) is 5.91 Å².